The molecule has 2 heterocycles. The molecular formula is C33H41N3O4. The van der Waals surface area contributed by atoms with Crippen molar-refractivity contribution in [3.63, 3.8) is 0 Å². The van der Waals surface area contributed by atoms with Crippen molar-refractivity contribution >= 4 is 5.91 Å². The first-order chi connectivity index (χ1) is 19.5. The van der Waals surface area contributed by atoms with Crippen molar-refractivity contribution in [2.45, 2.75) is 95.1 Å². The molecule has 0 spiro atoms. The molecule has 7 heteroatoms. The highest BCUT2D eigenvalue weighted by Gasteiger charge is 2.37. The lowest BCUT2D eigenvalue weighted by molar-refractivity contribution is -0.127. The zero-order chi connectivity index (χ0) is 27.6. The number of pyridine rings is 1. The number of nitrogens with zero attached hydrogens (tertiary/aromatic N) is 2. The second-order valence-corrected chi connectivity index (χ2v) is 12.1. The van der Waals surface area contributed by atoms with Gasteiger partial charge >= 0.3 is 0 Å². The number of nitrogens with one attached hydrogen (secondary N) is 1. The highest BCUT2D eigenvalue weighted by Crippen LogP contribution is 2.43. The number of oxazole rings is 1. The number of rotatable bonds is 8. The number of amides is 1. The van der Waals surface area contributed by atoms with Crippen LogP contribution in [0.4, 0.5) is 0 Å². The fourth-order valence-electron chi connectivity index (χ4n) is 6.75. The molecule has 3 aliphatic rings. The number of aryl methyl sites for hydroxylation is 1. The first-order valence-electron chi connectivity index (χ1n) is 15.0. The minimum atomic E-state index is -0.534. The Morgan fingerprint density at radius 1 is 1.10 bits per heavy atom. The Bertz CT molecular complexity index is 1330. The number of hydrogen-bond donors (Lipinski definition) is 2. The Hall–Kier alpha value is -3.19. The van der Waals surface area contributed by atoms with Gasteiger partial charge in [-0.2, -0.15) is 0 Å². The van der Waals surface area contributed by atoms with E-state index in [1.807, 2.05) is 19.1 Å². The van der Waals surface area contributed by atoms with Gasteiger partial charge in [0.1, 0.15) is 17.7 Å². The summed E-state index contributed by atoms with van der Waals surface area (Å²) in [4.78, 5) is 22.9. The van der Waals surface area contributed by atoms with E-state index in [1.54, 1.807) is 19.6 Å². The lowest BCUT2D eigenvalue weighted by Crippen LogP contribution is -2.41. The Labute approximate surface area is 236 Å². The highest BCUT2D eigenvalue weighted by atomic mass is 16.5. The van der Waals surface area contributed by atoms with Crippen molar-refractivity contribution < 1.29 is 19.1 Å². The van der Waals surface area contributed by atoms with Crippen molar-refractivity contribution in [3.8, 4) is 17.0 Å². The van der Waals surface area contributed by atoms with Crippen LogP contribution in [0.1, 0.15) is 105 Å². The Balaban J connectivity index is 1.24. The summed E-state index contributed by atoms with van der Waals surface area (Å²) in [5.74, 6) is 2.35. The molecule has 4 unspecified atom stereocenters. The third-order valence-electron chi connectivity index (χ3n) is 9.28. The van der Waals surface area contributed by atoms with Gasteiger partial charge in [0, 0.05) is 29.0 Å². The number of methoxy groups -OCH3 is 1. The van der Waals surface area contributed by atoms with E-state index >= 15 is 0 Å². The first kappa shape index (κ1) is 27.0. The maximum Gasteiger partial charge on any atom is 0.223 e. The second kappa shape index (κ2) is 11.7. The first-order valence-corrected chi connectivity index (χ1v) is 15.0. The summed E-state index contributed by atoms with van der Waals surface area (Å²) in [6.45, 7) is 2.01. The smallest absolute Gasteiger partial charge is 0.223 e. The van der Waals surface area contributed by atoms with Crippen molar-refractivity contribution in [3.05, 3.63) is 65.5 Å². The van der Waals surface area contributed by atoms with Crippen LogP contribution in [0, 0.1) is 18.8 Å². The van der Waals surface area contributed by atoms with Crippen LogP contribution in [-0.2, 0) is 4.79 Å². The van der Waals surface area contributed by atoms with E-state index in [0.29, 0.717) is 12.3 Å². The number of aliphatic hydroxyl groups excluding tert-OH is 1. The molecule has 0 radical (unpaired) electrons. The van der Waals surface area contributed by atoms with Crippen LogP contribution in [0.2, 0.25) is 0 Å². The molecule has 0 bridgehead atoms. The SMILES string of the molecule is COc1cnc(C2CCC(C(NC(=O)C3CCCCC3)c3cccc(-c4coc(C5CC5)n4)c3)CC2O)cc1C. The number of carbonyl (C=O) groups excluding carboxylic acids is 1. The minimum absolute atomic E-state index is 0.0298. The predicted molar refractivity (Wildman–Crippen MR) is 153 cm³/mol. The number of aliphatic hydroxyl groups is 1. The molecule has 0 aliphatic heterocycles. The normalized spacial score (nSPS) is 24.4. The van der Waals surface area contributed by atoms with E-state index < -0.39 is 6.10 Å². The molecule has 2 aromatic heterocycles. The molecular weight excluding hydrogens is 502 g/mol. The Kier molecular flexibility index (Phi) is 7.92. The van der Waals surface area contributed by atoms with E-state index in [1.165, 1.54) is 6.42 Å². The summed E-state index contributed by atoms with van der Waals surface area (Å²) in [5, 5.41) is 14.8. The van der Waals surface area contributed by atoms with Gasteiger partial charge in [-0.1, -0.05) is 37.5 Å². The average Bonchev–Trinajstić information content (AvgIpc) is 3.72. The molecule has 3 aromatic rings. The van der Waals surface area contributed by atoms with Gasteiger partial charge in [-0.3, -0.25) is 9.78 Å². The lowest BCUT2D eigenvalue weighted by Gasteiger charge is -2.38. The predicted octanol–water partition coefficient (Wildman–Crippen LogP) is 6.61. The molecule has 1 aromatic carbocycles. The summed E-state index contributed by atoms with van der Waals surface area (Å²) >= 11 is 0. The monoisotopic (exact) mass is 543 g/mol. The molecule has 1 amide bonds. The number of carbonyl (C=O) groups is 1. The molecule has 3 aliphatic carbocycles. The summed E-state index contributed by atoms with van der Waals surface area (Å²) in [6.07, 6.45) is 12.9. The van der Waals surface area contributed by atoms with Crippen LogP contribution in [0.3, 0.4) is 0 Å². The van der Waals surface area contributed by atoms with Crippen LogP contribution in [0.5, 0.6) is 5.75 Å². The van der Waals surface area contributed by atoms with Crippen molar-refractivity contribution in [2.75, 3.05) is 7.11 Å². The van der Waals surface area contributed by atoms with E-state index in [-0.39, 0.29) is 29.7 Å². The van der Waals surface area contributed by atoms with Crippen LogP contribution < -0.4 is 10.1 Å². The van der Waals surface area contributed by atoms with Crippen LogP contribution in [-0.4, -0.2) is 34.2 Å². The van der Waals surface area contributed by atoms with Crippen molar-refractivity contribution in [1.29, 1.82) is 0 Å². The summed E-state index contributed by atoms with van der Waals surface area (Å²) in [6, 6.07) is 10.2. The minimum Gasteiger partial charge on any atom is -0.495 e. The van der Waals surface area contributed by atoms with Gasteiger partial charge in [0.2, 0.25) is 5.91 Å². The second-order valence-electron chi connectivity index (χ2n) is 12.1. The summed E-state index contributed by atoms with van der Waals surface area (Å²) < 4.78 is 11.1. The largest absolute Gasteiger partial charge is 0.495 e. The van der Waals surface area contributed by atoms with E-state index in [9.17, 15) is 9.90 Å². The topological polar surface area (TPSA) is 97.5 Å². The van der Waals surface area contributed by atoms with E-state index in [2.05, 4.69) is 28.5 Å². The molecule has 6 rings (SSSR count). The number of benzene rings is 1. The molecule has 2 N–H and O–H groups in total. The van der Waals surface area contributed by atoms with Gasteiger partial charge < -0.3 is 19.6 Å². The van der Waals surface area contributed by atoms with Gasteiger partial charge in [0.15, 0.2) is 5.89 Å². The number of ether oxygens (including phenoxy) is 1. The average molecular weight is 544 g/mol. The third-order valence-corrected chi connectivity index (χ3v) is 9.28. The molecule has 3 saturated carbocycles. The van der Waals surface area contributed by atoms with E-state index in [4.69, 9.17) is 14.1 Å². The Morgan fingerprint density at radius 2 is 1.93 bits per heavy atom. The highest BCUT2D eigenvalue weighted by molar-refractivity contribution is 5.79. The van der Waals surface area contributed by atoms with Gasteiger partial charge in [-0.25, -0.2) is 4.98 Å². The number of hydrogen-bond acceptors (Lipinski definition) is 6. The standard InChI is InChI=1S/C33H41N3O4/c1-20-15-27(34-18-30(20)39-2)26-14-13-25(17-29(26)37)31(36-32(38)21-7-4-3-5-8-21)24-10-6-9-23(16-24)28-19-40-33(35-28)22-11-12-22/h6,9-10,15-16,18-19,21-22,25-26,29,31,37H,3-5,7-8,11-14,17H2,1-2H3,(H,36,38). The fourth-order valence-corrected chi connectivity index (χ4v) is 6.75. The van der Waals surface area contributed by atoms with Crippen LogP contribution in [0.15, 0.2) is 47.2 Å². The van der Waals surface area contributed by atoms with Gasteiger partial charge in [0.25, 0.3) is 0 Å². The summed E-state index contributed by atoms with van der Waals surface area (Å²) in [7, 11) is 1.65. The van der Waals surface area contributed by atoms with Crippen molar-refractivity contribution in [1.82, 2.24) is 15.3 Å². The third kappa shape index (κ3) is 5.80. The van der Waals surface area contributed by atoms with Gasteiger partial charge in [-0.05, 0) is 81.0 Å². The van der Waals surface area contributed by atoms with E-state index in [0.717, 1.165) is 91.1 Å². The maximum absolute atomic E-state index is 13.5. The molecule has 3 fully saturated rings. The molecule has 4 atom stereocenters. The van der Waals surface area contributed by atoms with Crippen LogP contribution >= 0.6 is 0 Å². The van der Waals surface area contributed by atoms with Crippen LogP contribution in [0.25, 0.3) is 11.3 Å². The zero-order valence-corrected chi connectivity index (χ0v) is 23.6. The quantitative estimate of drug-likeness (QED) is 0.332. The molecule has 212 valence electrons. The maximum atomic E-state index is 13.5. The molecule has 40 heavy (non-hydrogen) atoms. The van der Waals surface area contributed by atoms with Crippen molar-refractivity contribution in [2.24, 2.45) is 11.8 Å². The zero-order valence-electron chi connectivity index (χ0n) is 23.6. The lowest BCUT2D eigenvalue weighted by atomic mass is 9.73. The summed E-state index contributed by atoms with van der Waals surface area (Å²) in [5.41, 5.74) is 4.83. The number of aromatic nitrogens is 2. The van der Waals surface area contributed by atoms with Gasteiger partial charge in [-0.15, -0.1) is 0 Å². The molecule has 0 saturated heterocycles. The molecule has 7 nitrogen and oxygen atoms in total. The fraction of sp³-hybridized carbons (Fsp3) is 0.545. The van der Waals surface area contributed by atoms with Gasteiger partial charge in [0.05, 0.1) is 25.5 Å². The Morgan fingerprint density at radius 3 is 2.65 bits per heavy atom.